The van der Waals surface area contributed by atoms with Gasteiger partial charge in [-0.1, -0.05) is 30.3 Å². The van der Waals surface area contributed by atoms with Crippen LogP contribution in [0.4, 0.5) is 10.7 Å². The minimum atomic E-state index is -0.467. The lowest BCUT2D eigenvalue weighted by molar-refractivity contribution is -0.116. The van der Waals surface area contributed by atoms with E-state index in [0.29, 0.717) is 16.3 Å². The van der Waals surface area contributed by atoms with E-state index in [1.54, 1.807) is 29.9 Å². The van der Waals surface area contributed by atoms with E-state index in [2.05, 4.69) is 10.4 Å². The van der Waals surface area contributed by atoms with Crippen LogP contribution in [0.25, 0.3) is 22.0 Å². The number of carbonyl (C=O) groups is 2. The molecule has 2 heterocycles. The molecule has 1 amide bonds. The number of aromatic nitrogens is 2. The molecule has 3 N–H and O–H groups in total. The summed E-state index contributed by atoms with van der Waals surface area (Å²) in [6.45, 7) is 1.99. The molecule has 0 spiro atoms. The highest BCUT2D eigenvalue weighted by atomic mass is 32.1. The number of rotatable bonds is 6. The fourth-order valence-corrected chi connectivity index (χ4v) is 4.18. The summed E-state index contributed by atoms with van der Waals surface area (Å²) in [5.41, 5.74) is 9.19. The first-order valence-electron chi connectivity index (χ1n) is 9.41. The fraction of sp³-hybridized carbons (Fsp3) is 0.136. The zero-order valence-corrected chi connectivity index (χ0v) is 17.1. The minimum Gasteiger partial charge on any atom is -0.462 e. The lowest BCUT2D eigenvalue weighted by Gasteiger charge is -2.09. The number of amides is 1. The van der Waals surface area contributed by atoms with Crippen LogP contribution in [0, 0.1) is 0 Å². The lowest BCUT2D eigenvalue weighted by atomic mass is 10.0. The predicted octanol–water partition coefficient (Wildman–Crippen LogP) is 4.16. The molecule has 0 fully saturated rings. The number of hydrogen-bond acceptors (Lipinski definition) is 6. The monoisotopic (exact) mass is 420 g/mol. The number of nitrogens with two attached hydrogens (primary N) is 1. The van der Waals surface area contributed by atoms with Crippen LogP contribution >= 0.6 is 11.3 Å². The van der Waals surface area contributed by atoms with E-state index in [4.69, 9.17) is 10.5 Å². The molecule has 2 aromatic heterocycles. The number of ether oxygens (including phenoxy) is 1. The van der Waals surface area contributed by atoms with Gasteiger partial charge in [0.05, 0.1) is 18.3 Å². The van der Waals surface area contributed by atoms with Crippen molar-refractivity contribution in [1.82, 2.24) is 9.78 Å². The summed E-state index contributed by atoms with van der Waals surface area (Å²) in [4.78, 5) is 25.4. The van der Waals surface area contributed by atoms with Gasteiger partial charge in [0.15, 0.2) is 0 Å². The summed E-state index contributed by atoms with van der Waals surface area (Å²) in [6.07, 6.45) is 1.69. The first-order chi connectivity index (χ1) is 14.6. The maximum Gasteiger partial charge on any atom is 0.341 e. The Morgan fingerprint density at radius 3 is 2.77 bits per heavy atom. The number of hydrogen-bond donors (Lipinski definition) is 2. The third kappa shape index (κ3) is 3.90. The lowest BCUT2D eigenvalue weighted by Crippen LogP contribution is -2.20. The standard InChI is InChI=1S/C22H20N4O3S/c1-2-29-22(28)20-17(14-6-4-3-5-7-14)13-30-21(20)25-19(27)12-26-18-10-16(23)9-8-15(18)11-24-26/h3-11,13H,2,12,23H2,1H3,(H,25,27). The summed E-state index contributed by atoms with van der Waals surface area (Å²) in [5.74, 6) is -0.764. The van der Waals surface area contributed by atoms with Crippen LogP contribution in [0.15, 0.2) is 60.1 Å². The Morgan fingerprint density at radius 1 is 1.20 bits per heavy atom. The third-order valence-corrected chi connectivity index (χ3v) is 5.47. The van der Waals surface area contributed by atoms with Crippen LogP contribution < -0.4 is 11.1 Å². The van der Waals surface area contributed by atoms with E-state index >= 15 is 0 Å². The second-order valence-corrected chi connectivity index (χ2v) is 7.49. The van der Waals surface area contributed by atoms with E-state index in [-0.39, 0.29) is 19.1 Å². The van der Waals surface area contributed by atoms with Crippen LogP contribution in [-0.2, 0) is 16.1 Å². The molecule has 2 aromatic carbocycles. The molecule has 4 rings (SSSR count). The molecule has 0 radical (unpaired) electrons. The molecule has 0 aliphatic carbocycles. The van der Waals surface area contributed by atoms with Gasteiger partial charge in [-0.3, -0.25) is 9.48 Å². The molecule has 0 aliphatic heterocycles. The van der Waals surface area contributed by atoms with Crippen molar-refractivity contribution in [1.29, 1.82) is 0 Å². The summed E-state index contributed by atoms with van der Waals surface area (Å²) >= 11 is 1.29. The number of carbonyl (C=O) groups excluding carboxylic acids is 2. The largest absolute Gasteiger partial charge is 0.462 e. The number of benzene rings is 2. The fourth-order valence-electron chi connectivity index (χ4n) is 3.20. The van der Waals surface area contributed by atoms with Gasteiger partial charge in [-0.05, 0) is 30.7 Å². The van der Waals surface area contributed by atoms with Gasteiger partial charge < -0.3 is 15.8 Å². The summed E-state index contributed by atoms with van der Waals surface area (Å²) in [5, 5.41) is 10.3. The van der Waals surface area contributed by atoms with Gasteiger partial charge in [0, 0.05) is 22.0 Å². The zero-order chi connectivity index (χ0) is 21.1. The molecule has 4 aromatic rings. The number of nitrogens with zero attached hydrogens (tertiary/aromatic N) is 2. The second kappa shape index (κ2) is 8.38. The van der Waals surface area contributed by atoms with Crippen molar-refractivity contribution in [2.75, 3.05) is 17.7 Å². The molecule has 0 atom stereocenters. The normalized spacial score (nSPS) is 10.8. The highest BCUT2D eigenvalue weighted by Crippen LogP contribution is 2.36. The topological polar surface area (TPSA) is 99.2 Å². The Kier molecular flexibility index (Phi) is 5.49. The van der Waals surface area contributed by atoms with Gasteiger partial charge in [0.1, 0.15) is 17.1 Å². The SMILES string of the molecule is CCOC(=O)c1c(-c2ccccc2)csc1NC(=O)Cn1ncc2ccc(N)cc21. The summed E-state index contributed by atoms with van der Waals surface area (Å²) < 4.78 is 6.81. The van der Waals surface area contributed by atoms with Crippen molar-refractivity contribution in [3.05, 3.63) is 65.7 Å². The maximum atomic E-state index is 12.7. The van der Waals surface area contributed by atoms with E-state index < -0.39 is 5.97 Å². The van der Waals surface area contributed by atoms with Crippen molar-refractivity contribution in [3.8, 4) is 11.1 Å². The van der Waals surface area contributed by atoms with Gasteiger partial charge in [0.2, 0.25) is 5.91 Å². The summed E-state index contributed by atoms with van der Waals surface area (Å²) in [6, 6.07) is 15.0. The second-order valence-electron chi connectivity index (χ2n) is 6.61. The molecule has 8 heteroatoms. The highest BCUT2D eigenvalue weighted by molar-refractivity contribution is 7.15. The first-order valence-corrected chi connectivity index (χ1v) is 10.3. The van der Waals surface area contributed by atoms with Crippen molar-refractivity contribution in [3.63, 3.8) is 0 Å². The molecule has 7 nitrogen and oxygen atoms in total. The van der Waals surface area contributed by atoms with Crippen LogP contribution in [-0.4, -0.2) is 28.3 Å². The Bertz CT molecular complexity index is 1210. The number of nitrogens with one attached hydrogen (secondary N) is 1. The average molecular weight is 420 g/mol. The van der Waals surface area contributed by atoms with Crippen LogP contribution in [0.5, 0.6) is 0 Å². The number of thiophene rings is 1. The average Bonchev–Trinajstić information content (AvgIpc) is 3.33. The van der Waals surface area contributed by atoms with Gasteiger partial charge in [-0.2, -0.15) is 5.10 Å². The van der Waals surface area contributed by atoms with Gasteiger partial charge in [-0.25, -0.2) is 4.79 Å². The quantitative estimate of drug-likeness (QED) is 0.360. The molecule has 152 valence electrons. The number of esters is 1. The molecular weight excluding hydrogens is 400 g/mol. The van der Waals surface area contributed by atoms with E-state index in [1.165, 1.54) is 11.3 Å². The zero-order valence-electron chi connectivity index (χ0n) is 16.3. The van der Waals surface area contributed by atoms with Gasteiger partial charge in [0.25, 0.3) is 0 Å². The van der Waals surface area contributed by atoms with E-state index in [0.717, 1.165) is 22.0 Å². The van der Waals surface area contributed by atoms with Crippen LogP contribution in [0.3, 0.4) is 0 Å². The number of anilines is 2. The number of nitrogen functional groups attached to an aromatic ring is 1. The minimum absolute atomic E-state index is 0.00616. The van der Waals surface area contributed by atoms with E-state index in [9.17, 15) is 9.59 Å². The highest BCUT2D eigenvalue weighted by Gasteiger charge is 2.23. The molecule has 0 aliphatic rings. The van der Waals surface area contributed by atoms with Gasteiger partial charge in [-0.15, -0.1) is 11.3 Å². The van der Waals surface area contributed by atoms with E-state index in [1.807, 2.05) is 41.8 Å². The van der Waals surface area contributed by atoms with Crippen LogP contribution in [0.1, 0.15) is 17.3 Å². The Labute approximate surface area is 177 Å². The Morgan fingerprint density at radius 2 is 2.00 bits per heavy atom. The van der Waals surface area contributed by atoms with Crippen molar-refractivity contribution in [2.45, 2.75) is 13.5 Å². The van der Waals surface area contributed by atoms with Gasteiger partial charge >= 0.3 is 5.97 Å². The molecule has 0 bridgehead atoms. The van der Waals surface area contributed by atoms with Crippen molar-refractivity contribution < 1.29 is 14.3 Å². The summed E-state index contributed by atoms with van der Waals surface area (Å²) in [7, 11) is 0. The van der Waals surface area contributed by atoms with Crippen molar-refractivity contribution >= 4 is 44.8 Å². The molecular formula is C22H20N4O3S. The van der Waals surface area contributed by atoms with Crippen LogP contribution in [0.2, 0.25) is 0 Å². The smallest absolute Gasteiger partial charge is 0.341 e. The maximum absolute atomic E-state index is 12.7. The molecule has 0 saturated heterocycles. The molecule has 0 saturated carbocycles. The Balaban J connectivity index is 1.62. The molecule has 30 heavy (non-hydrogen) atoms. The predicted molar refractivity (Wildman–Crippen MR) is 118 cm³/mol. The Hall–Kier alpha value is -3.65. The number of fused-ring (bicyclic) bond motifs is 1. The first kappa shape index (κ1) is 19.7. The van der Waals surface area contributed by atoms with Crippen molar-refractivity contribution in [2.24, 2.45) is 0 Å². The molecule has 0 unspecified atom stereocenters. The third-order valence-electron chi connectivity index (χ3n) is 4.57.